The lowest BCUT2D eigenvalue weighted by Gasteiger charge is -2.21. The number of aliphatic hydroxyl groups is 1. The predicted octanol–water partition coefficient (Wildman–Crippen LogP) is 2.70. The number of hydrogen-bond donors (Lipinski definition) is 1. The molecule has 1 unspecified atom stereocenters. The van der Waals surface area contributed by atoms with Crippen molar-refractivity contribution in [1.29, 1.82) is 0 Å². The smallest absolute Gasteiger partial charge is 0.133 e. The lowest BCUT2D eigenvalue weighted by atomic mass is 9.92. The minimum Gasteiger partial charge on any atom is -0.484 e. The summed E-state index contributed by atoms with van der Waals surface area (Å²) in [6.45, 7) is 7.51. The van der Waals surface area contributed by atoms with Gasteiger partial charge >= 0.3 is 0 Å². The van der Waals surface area contributed by atoms with Gasteiger partial charge in [-0.1, -0.05) is 0 Å². The quantitative estimate of drug-likeness (QED) is 0.802. The third-order valence-electron chi connectivity index (χ3n) is 3.67. The summed E-state index contributed by atoms with van der Waals surface area (Å²) in [4.78, 5) is 10.9. The fourth-order valence-corrected chi connectivity index (χ4v) is 2.40. The van der Waals surface area contributed by atoms with E-state index in [0.717, 1.165) is 28.0 Å². The predicted molar refractivity (Wildman–Crippen MR) is 65.9 cm³/mol. The minimum absolute atomic E-state index is 0.0382. The summed E-state index contributed by atoms with van der Waals surface area (Å²) in [5, 5.41) is 12.5. The standard InChI is InChI=1S/C13H17NO3/c1-7-8(2)12-10(9(3)11(7)14-16)5-13(4,6-15)17-12/h15H,5-6H2,1-4H3. The molecule has 0 fully saturated rings. The molecule has 0 amide bonds. The Labute approximate surface area is 101 Å². The average molecular weight is 235 g/mol. The first-order chi connectivity index (χ1) is 7.93. The molecule has 0 saturated heterocycles. The number of nitrogens with zero attached hydrogens (tertiary/aromatic N) is 1. The van der Waals surface area contributed by atoms with Crippen molar-refractivity contribution in [1.82, 2.24) is 0 Å². The van der Waals surface area contributed by atoms with E-state index in [2.05, 4.69) is 5.18 Å². The molecule has 1 aliphatic rings. The van der Waals surface area contributed by atoms with E-state index in [9.17, 15) is 10.0 Å². The lowest BCUT2D eigenvalue weighted by molar-refractivity contribution is 0.0442. The Bertz CT molecular complexity index is 496. The second-order valence-electron chi connectivity index (χ2n) is 5.01. The summed E-state index contributed by atoms with van der Waals surface area (Å²) < 4.78 is 5.84. The number of aliphatic hydroxyl groups excluding tert-OH is 1. The fourth-order valence-electron chi connectivity index (χ4n) is 2.40. The van der Waals surface area contributed by atoms with Crippen LogP contribution in [0.2, 0.25) is 0 Å². The maximum atomic E-state index is 10.9. The van der Waals surface area contributed by atoms with Crippen molar-refractivity contribution in [3.63, 3.8) is 0 Å². The van der Waals surface area contributed by atoms with Gasteiger partial charge in [-0.05, 0) is 49.6 Å². The third kappa shape index (κ3) is 1.63. The number of nitroso groups, excluding NO2 is 1. The fraction of sp³-hybridized carbons (Fsp3) is 0.538. The molecule has 1 N–H and O–H groups in total. The van der Waals surface area contributed by atoms with Gasteiger partial charge in [-0.2, -0.15) is 0 Å². The first-order valence-electron chi connectivity index (χ1n) is 5.69. The molecule has 1 atom stereocenters. The Morgan fingerprint density at radius 1 is 1.29 bits per heavy atom. The van der Waals surface area contributed by atoms with Gasteiger partial charge in [-0.15, -0.1) is 4.91 Å². The second kappa shape index (κ2) is 3.81. The Morgan fingerprint density at radius 3 is 2.47 bits per heavy atom. The van der Waals surface area contributed by atoms with E-state index in [0.29, 0.717) is 12.1 Å². The van der Waals surface area contributed by atoms with Crippen molar-refractivity contribution in [2.45, 2.75) is 39.7 Å². The van der Waals surface area contributed by atoms with E-state index >= 15 is 0 Å². The summed E-state index contributed by atoms with van der Waals surface area (Å²) in [5.74, 6) is 0.809. The molecule has 0 aliphatic carbocycles. The van der Waals surface area contributed by atoms with Crippen LogP contribution < -0.4 is 4.74 Å². The second-order valence-corrected chi connectivity index (χ2v) is 5.01. The van der Waals surface area contributed by atoms with Crippen molar-refractivity contribution >= 4 is 5.69 Å². The number of ether oxygens (including phenoxy) is 1. The molecular weight excluding hydrogens is 218 g/mol. The van der Waals surface area contributed by atoms with Gasteiger partial charge in [0.25, 0.3) is 0 Å². The van der Waals surface area contributed by atoms with E-state index < -0.39 is 5.60 Å². The lowest BCUT2D eigenvalue weighted by Crippen LogP contribution is -2.34. The molecule has 0 saturated carbocycles. The zero-order valence-electron chi connectivity index (χ0n) is 10.6. The Morgan fingerprint density at radius 2 is 1.94 bits per heavy atom. The molecule has 1 aliphatic heterocycles. The monoisotopic (exact) mass is 235 g/mol. The zero-order valence-corrected chi connectivity index (χ0v) is 10.6. The van der Waals surface area contributed by atoms with Crippen molar-refractivity contribution in [2.24, 2.45) is 5.18 Å². The van der Waals surface area contributed by atoms with Crippen LogP contribution >= 0.6 is 0 Å². The highest BCUT2D eigenvalue weighted by atomic mass is 16.5. The van der Waals surface area contributed by atoms with Crippen molar-refractivity contribution in [2.75, 3.05) is 6.61 Å². The van der Waals surface area contributed by atoms with Gasteiger partial charge in [0.05, 0.1) is 6.61 Å². The Hall–Kier alpha value is -1.42. The van der Waals surface area contributed by atoms with Gasteiger partial charge in [0.1, 0.15) is 17.0 Å². The Balaban J connectivity index is 2.66. The van der Waals surface area contributed by atoms with Gasteiger partial charge < -0.3 is 9.84 Å². The molecule has 1 aromatic rings. The SMILES string of the molecule is Cc1c(C)c2c(c(C)c1N=O)CC(C)(CO)O2. The first-order valence-corrected chi connectivity index (χ1v) is 5.69. The topological polar surface area (TPSA) is 58.9 Å². The summed E-state index contributed by atoms with van der Waals surface area (Å²) >= 11 is 0. The van der Waals surface area contributed by atoms with Crippen molar-refractivity contribution in [3.8, 4) is 5.75 Å². The van der Waals surface area contributed by atoms with Crippen LogP contribution in [-0.2, 0) is 6.42 Å². The number of rotatable bonds is 2. The molecule has 4 heteroatoms. The minimum atomic E-state index is -0.578. The molecule has 0 aromatic heterocycles. The van der Waals surface area contributed by atoms with Gasteiger partial charge in [0.15, 0.2) is 0 Å². The largest absolute Gasteiger partial charge is 0.484 e. The molecule has 17 heavy (non-hydrogen) atoms. The van der Waals surface area contributed by atoms with E-state index in [1.54, 1.807) is 0 Å². The van der Waals surface area contributed by atoms with Crippen LogP contribution in [0.5, 0.6) is 5.75 Å². The molecule has 4 nitrogen and oxygen atoms in total. The van der Waals surface area contributed by atoms with Crippen LogP contribution in [0, 0.1) is 25.7 Å². The van der Waals surface area contributed by atoms with E-state index in [1.165, 1.54) is 0 Å². The molecule has 92 valence electrons. The molecule has 0 bridgehead atoms. The maximum absolute atomic E-state index is 10.9. The van der Waals surface area contributed by atoms with Crippen LogP contribution in [0.1, 0.15) is 29.2 Å². The number of benzene rings is 1. The summed E-state index contributed by atoms with van der Waals surface area (Å²) in [5.41, 5.74) is 3.60. The van der Waals surface area contributed by atoms with Gasteiger partial charge in [0, 0.05) is 12.0 Å². The van der Waals surface area contributed by atoms with Gasteiger partial charge in [-0.25, -0.2) is 0 Å². The zero-order chi connectivity index (χ0) is 12.8. The van der Waals surface area contributed by atoms with Crippen LogP contribution in [0.15, 0.2) is 5.18 Å². The molecule has 1 heterocycles. The van der Waals surface area contributed by atoms with Crippen LogP contribution in [0.25, 0.3) is 0 Å². The van der Waals surface area contributed by atoms with Gasteiger partial charge in [-0.3, -0.25) is 0 Å². The van der Waals surface area contributed by atoms with Gasteiger partial charge in [0.2, 0.25) is 0 Å². The molecule has 2 rings (SSSR count). The van der Waals surface area contributed by atoms with Crippen molar-refractivity contribution in [3.05, 3.63) is 27.2 Å². The molecule has 1 aromatic carbocycles. The molecule has 0 spiro atoms. The normalized spacial score (nSPS) is 22.2. The molecular formula is C13H17NO3. The Kier molecular flexibility index (Phi) is 2.70. The highest BCUT2D eigenvalue weighted by Gasteiger charge is 2.37. The third-order valence-corrected chi connectivity index (χ3v) is 3.67. The number of hydrogen-bond acceptors (Lipinski definition) is 4. The van der Waals surface area contributed by atoms with E-state index in [-0.39, 0.29) is 6.61 Å². The maximum Gasteiger partial charge on any atom is 0.133 e. The van der Waals surface area contributed by atoms with Crippen LogP contribution in [-0.4, -0.2) is 17.3 Å². The highest BCUT2D eigenvalue weighted by Crippen LogP contribution is 2.45. The van der Waals surface area contributed by atoms with Crippen LogP contribution in [0.3, 0.4) is 0 Å². The van der Waals surface area contributed by atoms with Crippen LogP contribution in [0.4, 0.5) is 5.69 Å². The number of fused-ring (bicyclic) bond motifs is 1. The van der Waals surface area contributed by atoms with E-state index in [1.807, 2.05) is 27.7 Å². The summed E-state index contributed by atoms with van der Waals surface area (Å²) in [7, 11) is 0. The summed E-state index contributed by atoms with van der Waals surface area (Å²) in [6, 6.07) is 0. The molecule has 0 radical (unpaired) electrons. The average Bonchev–Trinajstić information content (AvgIpc) is 2.67. The highest BCUT2D eigenvalue weighted by molar-refractivity contribution is 5.66. The first kappa shape index (κ1) is 12.0. The summed E-state index contributed by atoms with van der Waals surface area (Å²) in [6.07, 6.45) is 0.619. The van der Waals surface area contributed by atoms with Crippen molar-refractivity contribution < 1.29 is 9.84 Å². The van der Waals surface area contributed by atoms with E-state index in [4.69, 9.17) is 4.74 Å².